The molecule has 3 aliphatic rings. The maximum atomic E-state index is 5.74. The maximum Gasteiger partial charge on any atom is 0.0547 e. The van der Waals surface area contributed by atoms with Gasteiger partial charge < -0.3 is 15.0 Å². The first-order valence-electron chi connectivity index (χ1n) is 8.75. The quantitative estimate of drug-likeness (QED) is 0.776. The molecule has 3 heteroatoms. The van der Waals surface area contributed by atoms with Crippen molar-refractivity contribution >= 4 is 0 Å². The molecule has 0 bridgehead atoms. The lowest BCUT2D eigenvalue weighted by Crippen LogP contribution is -2.45. The number of nitrogens with zero attached hydrogens (tertiary/aromatic N) is 1. The predicted molar refractivity (Wildman–Crippen MR) is 83.0 cm³/mol. The summed E-state index contributed by atoms with van der Waals surface area (Å²) >= 11 is 0. The molecule has 3 fully saturated rings. The largest absolute Gasteiger partial charge is 0.381 e. The molecule has 2 aliphatic carbocycles. The molecule has 3 nitrogen and oxygen atoms in total. The summed E-state index contributed by atoms with van der Waals surface area (Å²) in [6.07, 6.45) is 11.3. The van der Waals surface area contributed by atoms with E-state index in [9.17, 15) is 0 Å². The predicted octanol–water partition coefficient (Wildman–Crippen LogP) is 2.66. The van der Waals surface area contributed by atoms with E-state index < -0.39 is 0 Å². The van der Waals surface area contributed by atoms with Crippen LogP contribution < -0.4 is 5.32 Å². The second-order valence-electron chi connectivity index (χ2n) is 7.66. The molecule has 1 heterocycles. The Balaban J connectivity index is 1.46. The van der Waals surface area contributed by atoms with Gasteiger partial charge in [-0.15, -0.1) is 0 Å². The van der Waals surface area contributed by atoms with E-state index in [1.165, 1.54) is 64.5 Å². The average molecular weight is 280 g/mol. The van der Waals surface area contributed by atoms with Crippen LogP contribution >= 0.6 is 0 Å². The van der Waals surface area contributed by atoms with Crippen LogP contribution in [0.15, 0.2) is 0 Å². The molecular formula is C17H32N2O. The molecule has 1 unspecified atom stereocenters. The van der Waals surface area contributed by atoms with Crippen molar-refractivity contribution in [2.45, 2.75) is 57.4 Å². The monoisotopic (exact) mass is 280 g/mol. The van der Waals surface area contributed by atoms with E-state index >= 15 is 0 Å². The third-order valence-electron chi connectivity index (χ3n) is 5.43. The van der Waals surface area contributed by atoms with Crippen molar-refractivity contribution < 1.29 is 4.74 Å². The number of hydrogen-bond donors (Lipinski definition) is 1. The highest BCUT2D eigenvalue weighted by Gasteiger charge is 2.37. The lowest BCUT2D eigenvalue weighted by Gasteiger charge is -2.35. The summed E-state index contributed by atoms with van der Waals surface area (Å²) in [6.45, 7) is 5.59. The molecule has 1 N–H and O–H groups in total. The van der Waals surface area contributed by atoms with Crippen molar-refractivity contribution in [3.05, 3.63) is 0 Å². The molecule has 0 aromatic rings. The molecule has 1 atom stereocenters. The van der Waals surface area contributed by atoms with Gasteiger partial charge in [-0.25, -0.2) is 0 Å². The minimum Gasteiger partial charge on any atom is -0.381 e. The van der Waals surface area contributed by atoms with Gasteiger partial charge in [0.2, 0.25) is 0 Å². The van der Waals surface area contributed by atoms with Crippen molar-refractivity contribution in [3.8, 4) is 0 Å². The van der Waals surface area contributed by atoms with Gasteiger partial charge in [-0.3, -0.25) is 0 Å². The second-order valence-corrected chi connectivity index (χ2v) is 7.66. The van der Waals surface area contributed by atoms with Crippen molar-refractivity contribution in [1.29, 1.82) is 0 Å². The fourth-order valence-corrected chi connectivity index (χ4v) is 4.07. The molecule has 1 aliphatic heterocycles. The van der Waals surface area contributed by atoms with Crippen LogP contribution in [0.2, 0.25) is 0 Å². The van der Waals surface area contributed by atoms with Gasteiger partial charge in [-0.1, -0.05) is 19.3 Å². The minimum atomic E-state index is 0.381. The molecule has 3 rings (SSSR count). The summed E-state index contributed by atoms with van der Waals surface area (Å²) in [6, 6.07) is 0.816. The van der Waals surface area contributed by atoms with Crippen LogP contribution in [0, 0.1) is 11.3 Å². The first-order chi connectivity index (χ1) is 9.76. The van der Waals surface area contributed by atoms with Crippen molar-refractivity contribution in [2.24, 2.45) is 11.3 Å². The van der Waals surface area contributed by atoms with Crippen molar-refractivity contribution in [2.75, 3.05) is 39.9 Å². The molecule has 0 radical (unpaired) electrons. The smallest absolute Gasteiger partial charge is 0.0547 e. The van der Waals surface area contributed by atoms with E-state index in [0.29, 0.717) is 5.41 Å². The van der Waals surface area contributed by atoms with Crippen LogP contribution in [0.3, 0.4) is 0 Å². The van der Waals surface area contributed by atoms with Crippen LogP contribution in [-0.2, 0) is 4.74 Å². The Morgan fingerprint density at radius 1 is 1.15 bits per heavy atom. The highest BCUT2D eigenvalue weighted by atomic mass is 16.5. The summed E-state index contributed by atoms with van der Waals surface area (Å²) in [5, 5.41) is 3.74. The SMILES string of the molecule is CN(CC1CCCCC1)CC1(CNC2CC2)CCOC1. The standard InChI is InChI=1S/C17H32N2O/c1-19(11-15-5-3-2-4-6-15)13-17(9-10-20-14-17)12-18-16-7-8-16/h15-16,18H,2-14H2,1H3. The molecule has 20 heavy (non-hydrogen) atoms. The Kier molecular flexibility index (Phi) is 5.00. The zero-order chi connectivity index (χ0) is 13.8. The van der Waals surface area contributed by atoms with Gasteiger partial charge in [-0.05, 0) is 45.1 Å². The van der Waals surface area contributed by atoms with Gasteiger partial charge in [-0.2, -0.15) is 0 Å². The van der Waals surface area contributed by atoms with E-state index in [1.807, 2.05) is 0 Å². The number of nitrogens with one attached hydrogen (secondary N) is 1. The van der Waals surface area contributed by atoms with Crippen molar-refractivity contribution in [1.82, 2.24) is 10.2 Å². The van der Waals surface area contributed by atoms with E-state index in [-0.39, 0.29) is 0 Å². The Morgan fingerprint density at radius 2 is 1.95 bits per heavy atom. The van der Waals surface area contributed by atoms with Crippen LogP contribution in [0.25, 0.3) is 0 Å². The molecule has 0 amide bonds. The molecule has 0 aromatic carbocycles. The highest BCUT2D eigenvalue weighted by Crippen LogP contribution is 2.32. The summed E-state index contributed by atoms with van der Waals surface area (Å²) in [5.74, 6) is 0.949. The fourth-order valence-electron chi connectivity index (χ4n) is 4.07. The Bertz CT molecular complexity index is 291. The first-order valence-corrected chi connectivity index (χ1v) is 8.75. The fraction of sp³-hybridized carbons (Fsp3) is 1.00. The van der Waals surface area contributed by atoms with Crippen LogP contribution in [0.1, 0.15) is 51.4 Å². The van der Waals surface area contributed by atoms with E-state index in [1.54, 1.807) is 0 Å². The number of rotatable bonds is 7. The Labute approximate surface area is 124 Å². The normalized spacial score (nSPS) is 32.1. The van der Waals surface area contributed by atoms with Crippen LogP contribution in [0.4, 0.5) is 0 Å². The van der Waals surface area contributed by atoms with Gasteiger partial charge in [0.25, 0.3) is 0 Å². The molecular weight excluding hydrogens is 248 g/mol. The zero-order valence-corrected chi connectivity index (χ0v) is 13.2. The van der Waals surface area contributed by atoms with E-state index in [0.717, 1.165) is 31.7 Å². The van der Waals surface area contributed by atoms with E-state index in [4.69, 9.17) is 4.74 Å². The summed E-state index contributed by atoms with van der Waals surface area (Å²) in [4.78, 5) is 2.60. The third kappa shape index (κ3) is 4.19. The Morgan fingerprint density at radius 3 is 2.60 bits per heavy atom. The molecule has 116 valence electrons. The highest BCUT2D eigenvalue weighted by molar-refractivity contribution is 4.92. The molecule has 0 spiro atoms. The summed E-state index contributed by atoms with van der Waals surface area (Å²) in [5.41, 5.74) is 0.381. The summed E-state index contributed by atoms with van der Waals surface area (Å²) < 4.78 is 5.74. The molecule has 2 saturated carbocycles. The van der Waals surface area contributed by atoms with Gasteiger partial charge in [0.15, 0.2) is 0 Å². The summed E-state index contributed by atoms with van der Waals surface area (Å²) in [7, 11) is 2.33. The van der Waals surface area contributed by atoms with Gasteiger partial charge in [0, 0.05) is 37.7 Å². The minimum absolute atomic E-state index is 0.381. The average Bonchev–Trinajstić information content (AvgIpc) is 3.18. The van der Waals surface area contributed by atoms with Gasteiger partial charge in [0.1, 0.15) is 0 Å². The zero-order valence-electron chi connectivity index (χ0n) is 13.2. The van der Waals surface area contributed by atoms with E-state index in [2.05, 4.69) is 17.3 Å². The van der Waals surface area contributed by atoms with Gasteiger partial charge in [0.05, 0.1) is 6.61 Å². The molecule has 1 saturated heterocycles. The van der Waals surface area contributed by atoms with Crippen LogP contribution in [-0.4, -0.2) is 50.8 Å². The third-order valence-corrected chi connectivity index (χ3v) is 5.43. The van der Waals surface area contributed by atoms with Gasteiger partial charge >= 0.3 is 0 Å². The lowest BCUT2D eigenvalue weighted by atomic mass is 9.85. The maximum absolute atomic E-state index is 5.74. The van der Waals surface area contributed by atoms with Crippen molar-refractivity contribution in [3.63, 3.8) is 0 Å². The second kappa shape index (κ2) is 6.76. The number of hydrogen-bond acceptors (Lipinski definition) is 3. The molecule has 0 aromatic heterocycles. The lowest BCUT2D eigenvalue weighted by molar-refractivity contribution is 0.108. The van der Waals surface area contributed by atoms with Crippen LogP contribution in [0.5, 0.6) is 0 Å². The topological polar surface area (TPSA) is 24.5 Å². The first kappa shape index (κ1) is 14.8. The number of ether oxygens (including phenoxy) is 1. The Hall–Kier alpha value is -0.120.